The molecule has 6 nitrogen and oxygen atoms in total. The number of hydrogen-bond acceptors (Lipinski definition) is 6. The van der Waals surface area contributed by atoms with Crippen molar-refractivity contribution in [1.29, 1.82) is 0 Å². The van der Waals surface area contributed by atoms with E-state index in [0.717, 1.165) is 47.1 Å². The van der Waals surface area contributed by atoms with Crippen molar-refractivity contribution < 1.29 is 13.9 Å². The van der Waals surface area contributed by atoms with E-state index < -0.39 is 5.95 Å². The monoisotopic (exact) mass is 442 g/mol. The van der Waals surface area contributed by atoms with Crippen LogP contribution in [-0.4, -0.2) is 28.0 Å². The number of pyridine rings is 1. The molecule has 0 aliphatic heterocycles. The fourth-order valence-corrected chi connectivity index (χ4v) is 4.84. The lowest BCUT2D eigenvalue weighted by atomic mass is 9.58. The highest BCUT2D eigenvalue weighted by Gasteiger charge is 2.45. The Morgan fingerprint density at radius 3 is 2.21 bits per heavy atom. The Hall–Kier alpha value is -3.87. The second kappa shape index (κ2) is 8.24. The maximum Gasteiger partial charge on any atom is 0.334 e. The number of carbonyl (C=O) groups excluding carboxylic acids is 1. The molecule has 2 aromatic heterocycles. The van der Waals surface area contributed by atoms with E-state index in [2.05, 4.69) is 39.2 Å². The van der Waals surface area contributed by atoms with Crippen molar-refractivity contribution in [2.75, 3.05) is 12.8 Å². The molecular weight excluding hydrogens is 419 g/mol. The molecule has 0 amide bonds. The van der Waals surface area contributed by atoms with Crippen LogP contribution in [0.5, 0.6) is 0 Å². The first-order valence-electron chi connectivity index (χ1n) is 10.8. The number of nitrogens with zero attached hydrogens (tertiary/aromatic N) is 3. The van der Waals surface area contributed by atoms with Crippen LogP contribution in [0.3, 0.4) is 0 Å². The van der Waals surface area contributed by atoms with Gasteiger partial charge in [0.2, 0.25) is 11.9 Å². The Bertz CT molecular complexity index is 1260. The summed E-state index contributed by atoms with van der Waals surface area (Å²) in [5, 5.41) is 0. The molecule has 0 spiro atoms. The molecule has 2 aliphatic carbocycles. The van der Waals surface area contributed by atoms with Gasteiger partial charge in [-0.05, 0) is 53.3 Å². The molecule has 2 heterocycles. The van der Waals surface area contributed by atoms with Gasteiger partial charge in [0.25, 0.3) is 0 Å². The largest absolute Gasteiger partial charge is 0.466 e. The van der Waals surface area contributed by atoms with Crippen molar-refractivity contribution in [3.8, 4) is 11.1 Å². The van der Waals surface area contributed by atoms with Gasteiger partial charge in [-0.1, -0.05) is 30.7 Å². The van der Waals surface area contributed by atoms with E-state index in [1.165, 1.54) is 24.9 Å². The Morgan fingerprint density at radius 2 is 1.64 bits per heavy atom. The maximum absolute atomic E-state index is 13.5. The Balaban J connectivity index is 1.56. The summed E-state index contributed by atoms with van der Waals surface area (Å²) >= 11 is 0. The van der Waals surface area contributed by atoms with Gasteiger partial charge < -0.3 is 10.5 Å². The fourth-order valence-electron chi connectivity index (χ4n) is 4.84. The zero-order valence-corrected chi connectivity index (χ0v) is 18.2. The number of halogens is 1. The Labute approximate surface area is 191 Å². The van der Waals surface area contributed by atoms with Crippen LogP contribution in [-0.2, 0) is 14.9 Å². The standard InChI is InChI=1S/C26H23FN4O2/c1-33-24(32)18-11-21(17-5-8-23(27)29-13-17)22(12-18)26(9-2-10-26)20-6-3-16(4-7-20)19-14-30-25(28)31-15-19/h3-8,11,13-15H,2,9-10,12H2,1H3,(H2,28,30,31). The van der Waals surface area contributed by atoms with Crippen LogP contribution in [0.2, 0.25) is 0 Å². The molecule has 1 fully saturated rings. The molecule has 0 atom stereocenters. The van der Waals surface area contributed by atoms with E-state index in [0.29, 0.717) is 12.0 Å². The van der Waals surface area contributed by atoms with Crippen LogP contribution in [0.1, 0.15) is 36.8 Å². The number of ether oxygens (including phenoxy) is 1. The summed E-state index contributed by atoms with van der Waals surface area (Å²) in [4.78, 5) is 24.4. The van der Waals surface area contributed by atoms with Crippen LogP contribution in [0.4, 0.5) is 10.3 Å². The number of carbonyl (C=O) groups is 1. The van der Waals surface area contributed by atoms with Crippen molar-refractivity contribution in [2.45, 2.75) is 31.1 Å². The number of nitrogens with two attached hydrogens (primary N) is 1. The summed E-state index contributed by atoms with van der Waals surface area (Å²) in [6.07, 6.45) is 10.4. The normalized spacial score (nSPS) is 16.8. The molecule has 0 unspecified atom stereocenters. The molecule has 166 valence electrons. The minimum Gasteiger partial charge on any atom is -0.466 e. The number of benzene rings is 1. The minimum absolute atomic E-state index is 0.188. The van der Waals surface area contributed by atoms with E-state index in [9.17, 15) is 9.18 Å². The zero-order chi connectivity index (χ0) is 23.0. The number of esters is 1. The molecule has 0 saturated heterocycles. The Morgan fingerprint density at radius 1 is 0.970 bits per heavy atom. The molecule has 1 saturated carbocycles. The van der Waals surface area contributed by atoms with E-state index in [4.69, 9.17) is 10.5 Å². The highest BCUT2D eigenvalue weighted by atomic mass is 19.1. The molecule has 3 aromatic rings. The van der Waals surface area contributed by atoms with Gasteiger partial charge in [-0.15, -0.1) is 0 Å². The summed E-state index contributed by atoms with van der Waals surface area (Å²) in [7, 11) is 1.39. The lowest BCUT2D eigenvalue weighted by molar-refractivity contribution is -0.136. The third kappa shape index (κ3) is 3.69. The lowest BCUT2D eigenvalue weighted by Crippen LogP contribution is -2.36. The van der Waals surface area contributed by atoms with Crippen molar-refractivity contribution in [2.24, 2.45) is 0 Å². The fraction of sp³-hybridized carbons (Fsp3) is 0.231. The van der Waals surface area contributed by atoms with Gasteiger partial charge in [0, 0.05) is 47.1 Å². The second-order valence-electron chi connectivity index (χ2n) is 8.44. The number of allylic oxidation sites excluding steroid dienone is 3. The molecule has 0 bridgehead atoms. The summed E-state index contributed by atoms with van der Waals surface area (Å²) in [6, 6.07) is 11.5. The van der Waals surface area contributed by atoms with E-state index in [-0.39, 0.29) is 17.3 Å². The van der Waals surface area contributed by atoms with Gasteiger partial charge in [-0.3, -0.25) is 0 Å². The van der Waals surface area contributed by atoms with Crippen LogP contribution in [0.15, 0.2) is 72.2 Å². The van der Waals surface area contributed by atoms with Gasteiger partial charge in [0.05, 0.1) is 7.11 Å². The molecule has 0 radical (unpaired) electrons. The average Bonchev–Trinajstić information content (AvgIpc) is 3.25. The second-order valence-corrected chi connectivity index (χ2v) is 8.44. The van der Waals surface area contributed by atoms with Crippen molar-refractivity contribution >= 4 is 17.5 Å². The van der Waals surface area contributed by atoms with Crippen molar-refractivity contribution in [3.05, 3.63) is 89.3 Å². The van der Waals surface area contributed by atoms with E-state index in [1.807, 2.05) is 6.08 Å². The first-order valence-corrected chi connectivity index (χ1v) is 10.8. The smallest absolute Gasteiger partial charge is 0.334 e. The maximum atomic E-state index is 13.5. The molecule has 5 rings (SSSR count). The Kier molecular flexibility index (Phi) is 5.24. The van der Waals surface area contributed by atoms with Gasteiger partial charge >= 0.3 is 5.97 Å². The van der Waals surface area contributed by atoms with Crippen molar-refractivity contribution in [3.63, 3.8) is 0 Å². The van der Waals surface area contributed by atoms with E-state index in [1.54, 1.807) is 18.5 Å². The summed E-state index contributed by atoms with van der Waals surface area (Å²) in [6.45, 7) is 0. The number of anilines is 1. The summed E-state index contributed by atoms with van der Waals surface area (Å²) in [5.74, 6) is -0.629. The molecule has 33 heavy (non-hydrogen) atoms. The van der Waals surface area contributed by atoms with Crippen LogP contribution in [0, 0.1) is 5.95 Å². The molecule has 2 aliphatic rings. The average molecular weight is 442 g/mol. The van der Waals surface area contributed by atoms with Gasteiger partial charge in [-0.2, -0.15) is 4.39 Å². The molecule has 2 N–H and O–H groups in total. The third-order valence-corrected chi connectivity index (χ3v) is 6.72. The van der Waals surface area contributed by atoms with E-state index >= 15 is 0 Å². The molecule has 1 aromatic carbocycles. The quantitative estimate of drug-likeness (QED) is 0.457. The lowest BCUT2D eigenvalue weighted by Gasteiger charge is -2.45. The number of methoxy groups -OCH3 is 1. The van der Waals surface area contributed by atoms with Crippen LogP contribution < -0.4 is 5.73 Å². The highest BCUT2D eigenvalue weighted by molar-refractivity contribution is 5.97. The topological polar surface area (TPSA) is 91.0 Å². The first-order chi connectivity index (χ1) is 16.0. The minimum atomic E-state index is -0.531. The van der Waals surface area contributed by atoms with Crippen molar-refractivity contribution in [1.82, 2.24) is 15.0 Å². The van der Waals surface area contributed by atoms with Gasteiger partial charge in [0.15, 0.2) is 0 Å². The van der Waals surface area contributed by atoms with Gasteiger partial charge in [-0.25, -0.2) is 19.7 Å². The number of hydrogen-bond donors (Lipinski definition) is 1. The zero-order valence-electron chi connectivity index (χ0n) is 18.2. The highest BCUT2D eigenvalue weighted by Crippen LogP contribution is 2.55. The van der Waals surface area contributed by atoms with Gasteiger partial charge in [0.1, 0.15) is 0 Å². The number of rotatable bonds is 5. The van der Waals surface area contributed by atoms with Crippen LogP contribution >= 0.6 is 0 Å². The first kappa shape index (κ1) is 21.0. The number of nitrogen functional groups attached to an aromatic ring is 1. The third-order valence-electron chi connectivity index (χ3n) is 6.72. The SMILES string of the molecule is COC(=O)C1=CC(c2ccc(F)nc2)=C(C2(c3ccc(-c4cnc(N)nc4)cc3)CCC2)C1. The predicted molar refractivity (Wildman–Crippen MR) is 123 cm³/mol. The summed E-state index contributed by atoms with van der Waals surface area (Å²) < 4.78 is 18.5. The molecular formula is C26H23FN4O2. The number of aromatic nitrogens is 3. The summed E-state index contributed by atoms with van der Waals surface area (Å²) in [5.41, 5.74) is 12.0. The predicted octanol–water partition coefficient (Wildman–Crippen LogP) is 4.64. The molecule has 7 heteroatoms. The van der Waals surface area contributed by atoms with Crippen LogP contribution in [0.25, 0.3) is 16.7 Å².